The van der Waals surface area contributed by atoms with Crippen LogP contribution in [0.15, 0.2) is 46.0 Å². The summed E-state index contributed by atoms with van der Waals surface area (Å²) in [5.41, 5.74) is 1.63. The highest BCUT2D eigenvalue weighted by atomic mass is 16.3. The van der Waals surface area contributed by atoms with Gasteiger partial charge in [-0.2, -0.15) is 5.11 Å². The third-order valence-electron chi connectivity index (χ3n) is 2.05. The number of azo groups is 1. The van der Waals surface area contributed by atoms with Gasteiger partial charge in [0.05, 0.1) is 5.69 Å². The average molecular weight is 218 g/mol. The number of nitrogens with zero attached hydrogens (tertiary/aromatic N) is 2. The second kappa shape index (κ2) is 5.21. The molecule has 0 unspecified atom stereocenters. The van der Waals surface area contributed by atoms with Gasteiger partial charge in [0, 0.05) is 6.92 Å². The van der Waals surface area contributed by atoms with Gasteiger partial charge >= 0.3 is 0 Å². The summed E-state index contributed by atoms with van der Waals surface area (Å²) in [4.78, 5) is 11.1. The highest BCUT2D eigenvalue weighted by molar-refractivity contribution is 5.93. The molecule has 84 valence electrons. The zero-order valence-electron chi connectivity index (χ0n) is 9.56. The topological polar surface area (TPSA) is 62.0 Å². The van der Waals surface area contributed by atoms with E-state index in [0.29, 0.717) is 5.69 Å². The van der Waals surface area contributed by atoms with Crippen molar-refractivity contribution >= 4 is 11.5 Å². The van der Waals surface area contributed by atoms with E-state index in [1.807, 2.05) is 25.1 Å². The summed E-state index contributed by atoms with van der Waals surface area (Å²) in [5, 5.41) is 16.9. The Hall–Kier alpha value is -1.97. The number of carbonyl (C=O) groups excluding carboxylic acids is 1. The maximum Gasteiger partial charge on any atom is 0.183 e. The lowest BCUT2D eigenvalue weighted by atomic mass is 10.2. The minimum atomic E-state index is -0.308. The van der Waals surface area contributed by atoms with E-state index in [0.717, 1.165) is 5.56 Å². The SMILES string of the molecule is CC(=O)/C(N=Nc1ccccc1C)=C(/C)O. The summed E-state index contributed by atoms with van der Waals surface area (Å²) >= 11 is 0. The Labute approximate surface area is 94.3 Å². The Morgan fingerprint density at radius 1 is 1.25 bits per heavy atom. The summed E-state index contributed by atoms with van der Waals surface area (Å²) in [6.45, 7) is 4.65. The molecule has 4 nitrogen and oxygen atoms in total. The number of aliphatic hydroxyl groups is 1. The molecule has 1 aromatic rings. The average Bonchev–Trinajstić information content (AvgIpc) is 2.20. The van der Waals surface area contributed by atoms with Crippen molar-refractivity contribution in [2.45, 2.75) is 20.8 Å². The van der Waals surface area contributed by atoms with E-state index in [1.54, 1.807) is 6.07 Å². The standard InChI is InChI=1S/C12H14N2O2/c1-8-6-4-5-7-11(8)13-14-12(9(2)15)10(3)16/h4-7,15H,1-3H3/b12-9+,14-13?. The number of allylic oxidation sites excluding steroid dienone is 2. The molecule has 0 radical (unpaired) electrons. The lowest BCUT2D eigenvalue weighted by Crippen LogP contribution is -1.96. The van der Waals surface area contributed by atoms with Gasteiger partial charge in [-0.1, -0.05) is 18.2 Å². The maximum absolute atomic E-state index is 11.1. The number of aliphatic hydroxyl groups excluding tert-OH is 1. The number of benzene rings is 1. The third-order valence-corrected chi connectivity index (χ3v) is 2.05. The summed E-state index contributed by atoms with van der Waals surface area (Å²) < 4.78 is 0. The van der Waals surface area contributed by atoms with Gasteiger partial charge in [-0.25, -0.2) is 0 Å². The first-order valence-corrected chi connectivity index (χ1v) is 4.90. The van der Waals surface area contributed by atoms with E-state index >= 15 is 0 Å². The first-order valence-electron chi connectivity index (χ1n) is 4.90. The van der Waals surface area contributed by atoms with E-state index < -0.39 is 0 Å². The van der Waals surface area contributed by atoms with Crippen molar-refractivity contribution < 1.29 is 9.90 Å². The second-order valence-corrected chi connectivity index (χ2v) is 3.48. The Balaban J connectivity index is 3.02. The third kappa shape index (κ3) is 3.02. The summed E-state index contributed by atoms with van der Waals surface area (Å²) in [6, 6.07) is 7.43. The normalized spacial score (nSPS) is 12.7. The zero-order valence-corrected chi connectivity index (χ0v) is 9.56. The first kappa shape index (κ1) is 12.1. The zero-order chi connectivity index (χ0) is 12.1. The quantitative estimate of drug-likeness (QED) is 0.479. The molecular formula is C12H14N2O2. The lowest BCUT2D eigenvalue weighted by molar-refractivity contribution is -0.113. The molecular weight excluding hydrogens is 204 g/mol. The molecule has 1 N–H and O–H groups in total. The van der Waals surface area contributed by atoms with Crippen LogP contribution in [0.1, 0.15) is 19.4 Å². The number of ketones is 1. The van der Waals surface area contributed by atoms with E-state index in [4.69, 9.17) is 0 Å². The van der Waals surface area contributed by atoms with Crippen molar-refractivity contribution in [2.75, 3.05) is 0 Å². The molecule has 0 spiro atoms. The Morgan fingerprint density at radius 3 is 2.38 bits per heavy atom. The Morgan fingerprint density at radius 2 is 1.88 bits per heavy atom. The van der Waals surface area contributed by atoms with Crippen molar-refractivity contribution in [3.63, 3.8) is 0 Å². The van der Waals surface area contributed by atoms with Gasteiger partial charge in [0.25, 0.3) is 0 Å². The number of rotatable bonds is 3. The number of aryl methyl sites for hydroxylation is 1. The molecule has 0 aliphatic carbocycles. The van der Waals surface area contributed by atoms with Crippen LogP contribution in [0.4, 0.5) is 5.69 Å². The molecule has 0 bridgehead atoms. The number of hydrogen-bond acceptors (Lipinski definition) is 4. The van der Waals surface area contributed by atoms with Gasteiger partial charge in [0.15, 0.2) is 11.5 Å². The minimum absolute atomic E-state index is 0.0109. The van der Waals surface area contributed by atoms with Crippen molar-refractivity contribution in [3.05, 3.63) is 41.3 Å². The van der Waals surface area contributed by atoms with Gasteiger partial charge in [-0.15, -0.1) is 5.11 Å². The second-order valence-electron chi connectivity index (χ2n) is 3.48. The summed E-state index contributed by atoms with van der Waals surface area (Å²) in [7, 11) is 0. The molecule has 1 rings (SSSR count). The fourth-order valence-corrected chi connectivity index (χ4v) is 1.18. The van der Waals surface area contributed by atoms with Crippen LogP contribution in [0.2, 0.25) is 0 Å². The van der Waals surface area contributed by atoms with Crippen molar-refractivity contribution in [1.82, 2.24) is 0 Å². The fourth-order valence-electron chi connectivity index (χ4n) is 1.18. The van der Waals surface area contributed by atoms with Gasteiger partial charge in [0.2, 0.25) is 0 Å². The summed E-state index contributed by atoms with van der Waals surface area (Å²) in [5.74, 6) is -0.429. The van der Waals surface area contributed by atoms with Gasteiger partial charge < -0.3 is 5.11 Å². The van der Waals surface area contributed by atoms with Crippen molar-refractivity contribution in [3.8, 4) is 0 Å². The van der Waals surface area contributed by atoms with Crippen LogP contribution >= 0.6 is 0 Å². The van der Waals surface area contributed by atoms with E-state index in [-0.39, 0.29) is 17.2 Å². The highest BCUT2D eigenvalue weighted by Crippen LogP contribution is 2.19. The van der Waals surface area contributed by atoms with Crippen molar-refractivity contribution in [2.24, 2.45) is 10.2 Å². The van der Waals surface area contributed by atoms with Gasteiger partial charge in [-0.3, -0.25) is 4.79 Å². The fraction of sp³-hybridized carbons (Fsp3) is 0.250. The molecule has 0 aliphatic rings. The van der Waals surface area contributed by atoms with Crippen molar-refractivity contribution in [1.29, 1.82) is 0 Å². The number of Topliss-reactive ketones (excluding diaryl/α,β-unsaturated/α-hetero) is 1. The first-order chi connectivity index (χ1) is 7.52. The predicted molar refractivity (Wildman–Crippen MR) is 61.7 cm³/mol. The van der Waals surface area contributed by atoms with Crippen LogP contribution in [0.3, 0.4) is 0 Å². The molecule has 0 saturated carbocycles. The minimum Gasteiger partial charge on any atom is -0.510 e. The van der Waals surface area contributed by atoms with Crippen LogP contribution in [0.5, 0.6) is 0 Å². The van der Waals surface area contributed by atoms with Crippen LogP contribution in [0.25, 0.3) is 0 Å². The van der Waals surface area contributed by atoms with E-state index in [9.17, 15) is 9.90 Å². The monoisotopic (exact) mass is 218 g/mol. The van der Waals surface area contributed by atoms with Gasteiger partial charge in [0.1, 0.15) is 5.76 Å². The molecule has 16 heavy (non-hydrogen) atoms. The van der Waals surface area contributed by atoms with Crippen LogP contribution < -0.4 is 0 Å². The Bertz CT molecular complexity index is 458. The molecule has 0 aliphatic heterocycles. The van der Waals surface area contributed by atoms with Crippen LogP contribution in [-0.2, 0) is 4.79 Å². The van der Waals surface area contributed by atoms with E-state index in [2.05, 4.69) is 10.2 Å². The molecule has 0 aromatic heterocycles. The molecule has 0 fully saturated rings. The maximum atomic E-state index is 11.1. The lowest BCUT2D eigenvalue weighted by Gasteiger charge is -1.99. The predicted octanol–water partition coefficient (Wildman–Crippen LogP) is 3.46. The molecule has 0 saturated heterocycles. The number of carbonyl (C=O) groups is 1. The van der Waals surface area contributed by atoms with Crippen LogP contribution in [0, 0.1) is 6.92 Å². The Kier molecular flexibility index (Phi) is 3.94. The molecule has 0 atom stereocenters. The van der Waals surface area contributed by atoms with E-state index in [1.165, 1.54) is 13.8 Å². The number of hydrogen-bond donors (Lipinski definition) is 1. The molecule has 4 heteroatoms. The van der Waals surface area contributed by atoms with Gasteiger partial charge in [-0.05, 0) is 25.5 Å². The van der Waals surface area contributed by atoms with Crippen LogP contribution in [-0.4, -0.2) is 10.9 Å². The molecule has 1 aromatic carbocycles. The summed E-state index contributed by atoms with van der Waals surface area (Å²) in [6.07, 6.45) is 0. The smallest absolute Gasteiger partial charge is 0.183 e. The largest absolute Gasteiger partial charge is 0.510 e. The molecule has 0 heterocycles. The molecule has 0 amide bonds. The highest BCUT2D eigenvalue weighted by Gasteiger charge is 2.06.